The number of anilines is 1. The van der Waals surface area contributed by atoms with E-state index >= 15 is 0 Å². The Hall–Kier alpha value is -2.81. The van der Waals surface area contributed by atoms with Crippen molar-refractivity contribution in [3.05, 3.63) is 72.3 Å². The van der Waals surface area contributed by atoms with Crippen molar-refractivity contribution in [3.8, 4) is 5.75 Å². The summed E-state index contributed by atoms with van der Waals surface area (Å²) in [5.41, 5.74) is 1.94. The van der Waals surface area contributed by atoms with E-state index in [9.17, 15) is 4.79 Å². The highest BCUT2D eigenvalue weighted by molar-refractivity contribution is 5.99. The summed E-state index contributed by atoms with van der Waals surface area (Å²) in [5, 5.41) is 2.31. The lowest BCUT2D eigenvalue weighted by Crippen LogP contribution is -2.44. The fraction of sp³-hybridized carbons (Fsp3) is 0.227. The van der Waals surface area contributed by atoms with Crippen LogP contribution in [-0.2, 0) is 11.2 Å². The van der Waals surface area contributed by atoms with Crippen LogP contribution in [0.3, 0.4) is 0 Å². The highest BCUT2D eigenvalue weighted by Crippen LogP contribution is 2.34. The van der Waals surface area contributed by atoms with Gasteiger partial charge in [0, 0.05) is 0 Å². The zero-order valence-electron chi connectivity index (χ0n) is 14.3. The minimum absolute atomic E-state index is 0.0476. The van der Waals surface area contributed by atoms with Crippen molar-refractivity contribution in [2.24, 2.45) is 0 Å². The third-order valence-corrected chi connectivity index (χ3v) is 4.81. The molecule has 25 heavy (non-hydrogen) atoms. The Labute approximate surface area is 147 Å². The van der Waals surface area contributed by atoms with Crippen LogP contribution >= 0.6 is 0 Å². The normalized spacial score (nSPS) is 16.4. The maximum absolute atomic E-state index is 13.1. The van der Waals surface area contributed by atoms with Crippen LogP contribution in [0.2, 0.25) is 0 Å². The third kappa shape index (κ3) is 2.98. The van der Waals surface area contributed by atoms with Gasteiger partial charge in [0.2, 0.25) is 5.91 Å². The molecule has 1 aliphatic heterocycles. The SMILES string of the molecule is CCC1CN(C(=O)Cc2cccc3ccccc23)c2ccccc2O1. The Kier molecular flexibility index (Phi) is 4.14. The van der Waals surface area contributed by atoms with E-state index in [1.165, 1.54) is 5.39 Å². The quantitative estimate of drug-likeness (QED) is 0.703. The summed E-state index contributed by atoms with van der Waals surface area (Å²) in [6.45, 7) is 2.70. The second-order valence-corrected chi connectivity index (χ2v) is 6.44. The Bertz CT molecular complexity index is 913. The molecule has 0 radical (unpaired) electrons. The molecule has 1 heterocycles. The first-order chi connectivity index (χ1) is 12.3. The van der Waals surface area contributed by atoms with Gasteiger partial charge in [0.25, 0.3) is 0 Å². The minimum Gasteiger partial charge on any atom is -0.486 e. The summed E-state index contributed by atoms with van der Waals surface area (Å²) >= 11 is 0. The summed E-state index contributed by atoms with van der Waals surface area (Å²) in [6.07, 6.45) is 1.32. The number of amides is 1. The van der Waals surface area contributed by atoms with Gasteiger partial charge >= 0.3 is 0 Å². The molecule has 3 aromatic carbocycles. The predicted octanol–water partition coefficient (Wildman–Crippen LogP) is 4.59. The molecule has 1 atom stereocenters. The van der Waals surface area contributed by atoms with Crippen LogP contribution in [0, 0.1) is 0 Å². The molecule has 1 aliphatic rings. The molecule has 3 heteroatoms. The van der Waals surface area contributed by atoms with Crippen molar-refractivity contribution in [1.82, 2.24) is 0 Å². The first-order valence-electron chi connectivity index (χ1n) is 8.79. The predicted molar refractivity (Wildman–Crippen MR) is 101 cm³/mol. The second kappa shape index (κ2) is 6.60. The van der Waals surface area contributed by atoms with E-state index in [1.54, 1.807) is 0 Å². The second-order valence-electron chi connectivity index (χ2n) is 6.44. The van der Waals surface area contributed by atoms with Gasteiger partial charge in [0.1, 0.15) is 11.9 Å². The maximum atomic E-state index is 13.1. The highest BCUT2D eigenvalue weighted by Gasteiger charge is 2.28. The molecule has 0 saturated heterocycles. The van der Waals surface area contributed by atoms with Crippen LogP contribution in [0.1, 0.15) is 18.9 Å². The molecule has 0 N–H and O–H groups in total. The lowest BCUT2D eigenvalue weighted by Gasteiger charge is -2.34. The van der Waals surface area contributed by atoms with Gasteiger partial charge in [-0.05, 0) is 34.9 Å². The molecule has 0 aliphatic carbocycles. The molecule has 3 nitrogen and oxygen atoms in total. The third-order valence-electron chi connectivity index (χ3n) is 4.81. The first-order valence-corrected chi connectivity index (χ1v) is 8.79. The zero-order chi connectivity index (χ0) is 17.2. The fourth-order valence-electron chi connectivity index (χ4n) is 3.45. The summed E-state index contributed by atoms with van der Waals surface area (Å²) in [7, 11) is 0. The van der Waals surface area contributed by atoms with Gasteiger partial charge in [0.05, 0.1) is 18.7 Å². The Balaban J connectivity index is 1.66. The molecule has 126 valence electrons. The van der Waals surface area contributed by atoms with Gasteiger partial charge in [-0.25, -0.2) is 0 Å². The molecule has 1 unspecified atom stereocenters. The molecule has 0 spiro atoms. The number of rotatable bonds is 3. The molecule has 3 aromatic rings. The van der Waals surface area contributed by atoms with Gasteiger partial charge in [-0.15, -0.1) is 0 Å². The molecule has 0 bridgehead atoms. The van der Waals surface area contributed by atoms with Crippen molar-refractivity contribution >= 4 is 22.4 Å². The molecule has 4 rings (SSSR count). The molecular formula is C22H21NO2. The molecule has 0 saturated carbocycles. The van der Waals surface area contributed by atoms with E-state index in [2.05, 4.69) is 25.1 Å². The van der Waals surface area contributed by atoms with Crippen molar-refractivity contribution in [1.29, 1.82) is 0 Å². The Morgan fingerprint density at radius 2 is 1.80 bits per heavy atom. The smallest absolute Gasteiger partial charge is 0.231 e. The number of para-hydroxylation sites is 2. The number of carbonyl (C=O) groups excluding carboxylic acids is 1. The molecule has 0 aromatic heterocycles. The average Bonchev–Trinajstić information content (AvgIpc) is 2.67. The summed E-state index contributed by atoms with van der Waals surface area (Å²) in [6, 6.07) is 22.2. The number of carbonyl (C=O) groups is 1. The van der Waals surface area contributed by atoms with Gasteiger partial charge in [0.15, 0.2) is 0 Å². The monoisotopic (exact) mass is 331 g/mol. The summed E-state index contributed by atoms with van der Waals surface area (Å²) in [4.78, 5) is 15.0. The zero-order valence-corrected chi connectivity index (χ0v) is 14.3. The average molecular weight is 331 g/mol. The van der Waals surface area contributed by atoms with Crippen LogP contribution < -0.4 is 9.64 Å². The van der Waals surface area contributed by atoms with E-state index in [4.69, 9.17) is 4.74 Å². The van der Waals surface area contributed by atoms with Crippen LogP contribution in [0.15, 0.2) is 66.7 Å². The van der Waals surface area contributed by atoms with Crippen LogP contribution in [0.5, 0.6) is 5.75 Å². The number of fused-ring (bicyclic) bond motifs is 2. The van der Waals surface area contributed by atoms with E-state index in [0.29, 0.717) is 13.0 Å². The minimum atomic E-state index is 0.0476. The van der Waals surface area contributed by atoms with Gasteiger partial charge in [-0.1, -0.05) is 61.5 Å². The highest BCUT2D eigenvalue weighted by atomic mass is 16.5. The van der Waals surface area contributed by atoms with Gasteiger partial charge in [-0.2, -0.15) is 0 Å². The van der Waals surface area contributed by atoms with E-state index in [0.717, 1.165) is 28.8 Å². The van der Waals surface area contributed by atoms with Crippen LogP contribution in [0.4, 0.5) is 5.69 Å². The number of nitrogens with zero attached hydrogens (tertiary/aromatic N) is 1. The van der Waals surface area contributed by atoms with Crippen LogP contribution in [0.25, 0.3) is 10.8 Å². The van der Waals surface area contributed by atoms with Crippen molar-refractivity contribution < 1.29 is 9.53 Å². The number of ether oxygens (including phenoxy) is 1. The number of benzene rings is 3. The van der Waals surface area contributed by atoms with Crippen molar-refractivity contribution in [3.63, 3.8) is 0 Å². The van der Waals surface area contributed by atoms with Crippen molar-refractivity contribution in [2.75, 3.05) is 11.4 Å². The van der Waals surface area contributed by atoms with Crippen LogP contribution in [-0.4, -0.2) is 18.6 Å². The number of hydrogen-bond acceptors (Lipinski definition) is 2. The lowest BCUT2D eigenvalue weighted by molar-refractivity contribution is -0.118. The number of hydrogen-bond donors (Lipinski definition) is 0. The largest absolute Gasteiger partial charge is 0.486 e. The summed E-state index contributed by atoms with van der Waals surface area (Å²) in [5.74, 6) is 0.914. The Morgan fingerprint density at radius 1 is 1.04 bits per heavy atom. The van der Waals surface area contributed by atoms with E-state index in [-0.39, 0.29) is 12.0 Å². The summed E-state index contributed by atoms with van der Waals surface area (Å²) < 4.78 is 5.99. The van der Waals surface area contributed by atoms with Gasteiger partial charge < -0.3 is 9.64 Å². The van der Waals surface area contributed by atoms with E-state index in [1.807, 2.05) is 53.4 Å². The molecule has 1 amide bonds. The van der Waals surface area contributed by atoms with Crippen molar-refractivity contribution in [2.45, 2.75) is 25.9 Å². The topological polar surface area (TPSA) is 29.5 Å². The lowest BCUT2D eigenvalue weighted by atomic mass is 10.0. The fourth-order valence-corrected chi connectivity index (χ4v) is 3.45. The van der Waals surface area contributed by atoms with E-state index < -0.39 is 0 Å². The Morgan fingerprint density at radius 3 is 2.68 bits per heavy atom. The standard InChI is InChI=1S/C22H21NO2/c1-2-18-15-23(20-12-5-6-13-21(20)25-18)22(24)14-17-10-7-9-16-8-3-4-11-19(16)17/h3-13,18H,2,14-15H2,1H3. The molecule has 0 fully saturated rings. The molecular weight excluding hydrogens is 310 g/mol. The first kappa shape index (κ1) is 15.7. The maximum Gasteiger partial charge on any atom is 0.231 e. The van der Waals surface area contributed by atoms with Gasteiger partial charge in [-0.3, -0.25) is 4.79 Å².